The van der Waals surface area contributed by atoms with E-state index in [1.807, 2.05) is 42.5 Å². The highest BCUT2D eigenvalue weighted by molar-refractivity contribution is 5.95. The molecule has 1 amide bonds. The van der Waals surface area contributed by atoms with Gasteiger partial charge in [-0.1, -0.05) is 41.5 Å². The van der Waals surface area contributed by atoms with Crippen LogP contribution in [-0.4, -0.2) is 26.1 Å². The molecule has 1 aliphatic heterocycles. The average Bonchev–Trinajstić information content (AvgIpc) is 3.14. The Bertz CT molecular complexity index is 1070. The number of tetrazole rings is 1. The predicted octanol–water partition coefficient (Wildman–Crippen LogP) is 2.33. The van der Waals surface area contributed by atoms with Gasteiger partial charge >= 0.3 is 0 Å². The number of primary amides is 1. The summed E-state index contributed by atoms with van der Waals surface area (Å²) < 4.78 is 7.54. The number of amides is 1. The highest BCUT2D eigenvalue weighted by Gasteiger charge is 2.33. The first-order valence-corrected chi connectivity index (χ1v) is 8.87. The number of fused-ring (bicyclic) bond motifs is 1. The smallest absolute Gasteiger partial charge is 0.248 e. The van der Waals surface area contributed by atoms with Crippen LogP contribution in [-0.2, 0) is 11.4 Å². The van der Waals surface area contributed by atoms with E-state index in [4.69, 9.17) is 10.5 Å². The second-order valence-corrected chi connectivity index (χ2v) is 6.67. The molecule has 1 unspecified atom stereocenters. The molecule has 0 saturated carbocycles. The lowest BCUT2D eigenvalue weighted by Crippen LogP contribution is -2.31. The molecule has 142 valence electrons. The monoisotopic (exact) mass is 376 g/mol. The van der Waals surface area contributed by atoms with Gasteiger partial charge in [0.1, 0.15) is 18.4 Å². The number of hydrogen-bond acceptors (Lipinski definition) is 6. The number of nitrogens with one attached hydrogen (secondary N) is 1. The molecule has 2 heterocycles. The number of rotatable bonds is 5. The van der Waals surface area contributed by atoms with E-state index in [1.165, 1.54) is 5.56 Å². The van der Waals surface area contributed by atoms with Crippen LogP contribution in [0.2, 0.25) is 0 Å². The first kappa shape index (κ1) is 17.7. The average molecular weight is 376 g/mol. The maximum Gasteiger partial charge on any atom is 0.248 e. The van der Waals surface area contributed by atoms with Crippen LogP contribution in [0.5, 0.6) is 5.75 Å². The molecule has 1 aromatic heterocycles. The van der Waals surface area contributed by atoms with Gasteiger partial charge in [-0.2, -0.15) is 4.68 Å². The molecule has 0 bridgehead atoms. The summed E-state index contributed by atoms with van der Waals surface area (Å²) in [4.78, 5) is 12.1. The molecule has 0 spiro atoms. The predicted molar refractivity (Wildman–Crippen MR) is 103 cm³/mol. The summed E-state index contributed by atoms with van der Waals surface area (Å²) in [6, 6.07) is 15.1. The van der Waals surface area contributed by atoms with Crippen molar-refractivity contribution in [3.63, 3.8) is 0 Å². The number of nitrogens with two attached hydrogens (primary N) is 1. The van der Waals surface area contributed by atoms with Crippen LogP contribution in [0.3, 0.4) is 0 Å². The molecule has 1 atom stereocenters. The van der Waals surface area contributed by atoms with Gasteiger partial charge in [0.25, 0.3) is 0 Å². The molecular formula is C20H20N6O2. The number of allylic oxidation sites excluding steroid dienone is 1. The van der Waals surface area contributed by atoms with Crippen molar-refractivity contribution in [2.45, 2.75) is 26.5 Å². The van der Waals surface area contributed by atoms with Crippen molar-refractivity contribution >= 4 is 11.9 Å². The Balaban J connectivity index is 1.67. The number of benzene rings is 2. The third-order valence-electron chi connectivity index (χ3n) is 4.81. The Kier molecular flexibility index (Phi) is 4.52. The molecule has 4 rings (SSSR count). The maximum absolute atomic E-state index is 12.1. The zero-order chi connectivity index (χ0) is 19.7. The largest absolute Gasteiger partial charge is 0.489 e. The van der Waals surface area contributed by atoms with Crippen molar-refractivity contribution < 1.29 is 9.53 Å². The van der Waals surface area contributed by atoms with Crippen molar-refractivity contribution in [2.24, 2.45) is 5.73 Å². The standard InChI is InChI=1S/C20H20N6O2/c1-12-6-3-4-7-15(12)11-28-16-9-5-8-14(10-16)18-17(19(21)27)13(2)22-20-23-24-25-26(18)20/h3-10,18H,11H2,1-2H3,(H2,21,27)(H,22,23,25). The van der Waals surface area contributed by atoms with E-state index >= 15 is 0 Å². The van der Waals surface area contributed by atoms with Crippen molar-refractivity contribution in [3.8, 4) is 5.75 Å². The van der Waals surface area contributed by atoms with Gasteiger partial charge in [-0.15, -0.1) is 0 Å². The number of anilines is 1. The molecule has 8 nitrogen and oxygen atoms in total. The topological polar surface area (TPSA) is 108 Å². The van der Waals surface area contributed by atoms with Crippen LogP contribution in [0.15, 0.2) is 59.8 Å². The zero-order valence-corrected chi connectivity index (χ0v) is 15.6. The number of aryl methyl sites for hydroxylation is 1. The SMILES string of the molecule is CC1=C(C(N)=O)C(c2cccc(OCc3ccccc3C)c2)n2nnnc2N1. The van der Waals surface area contributed by atoms with Crippen molar-refractivity contribution in [1.82, 2.24) is 20.2 Å². The zero-order valence-electron chi connectivity index (χ0n) is 15.6. The first-order valence-electron chi connectivity index (χ1n) is 8.87. The van der Waals surface area contributed by atoms with E-state index < -0.39 is 11.9 Å². The molecule has 3 aromatic rings. The van der Waals surface area contributed by atoms with Gasteiger partial charge in [0, 0.05) is 5.70 Å². The van der Waals surface area contributed by atoms with Crippen molar-refractivity contribution in [2.75, 3.05) is 5.32 Å². The Morgan fingerprint density at radius 1 is 1.21 bits per heavy atom. The molecule has 2 aromatic carbocycles. The van der Waals surface area contributed by atoms with Crippen LogP contribution < -0.4 is 15.8 Å². The number of hydrogen-bond donors (Lipinski definition) is 2. The molecule has 0 saturated heterocycles. The number of carbonyl (C=O) groups is 1. The summed E-state index contributed by atoms with van der Waals surface area (Å²) >= 11 is 0. The molecule has 1 aliphatic rings. The summed E-state index contributed by atoms with van der Waals surface area (Å²) in [7, 11) is 0. The molecule has 28 heavy (non-hydrogen) atoms. The van der Waals surface area contributed by atoms with Gasteiger partial charge in [-0.05, 0) is 53.1 Å². The first-order chi connectivity index (χ1) is 13.5. The van der Waals surface area contributed by atoms with E-state index in [9.17, 15) is 4.79 Å². The van der Waals surface area contributed by atoms with Crippen LogP contribution >= 0.6 is 0 Å². The molecule has 0 fully saturated rings. The molecule has 0 aliphatic carbocycles. The Morgan fingerprint density at radius 2 is 2.04 bits per heavy atom. The van der Waals surface area contributed by atoms with Crippen LogP contribution in [0.25, 0.3) is 0 Å². The normalized spacial score (nSPS) is 15.7. The van der Waals surface area contributed by atoms with E-state index in [0.717, 1.165) is 11.1 Å². The molecule has 0 radical (unpaired) electrons. The number of ether oxygens (including phenoxy) is 1. The lowest BCUT2D eigenvalue weighted by atomic mass is 9.95. The Hall–Kier alpha value is -3.68. The molecule has 8 heteroatoms. The second-order valence-electron chi connectivity index (χ2n) is 6.67. The van der Waals surface area contributed by atoms with Gasteiger partial charge in [0.05, 0.1) is 5.57 Å². The fourth-order valence-electron chi connectivity index (χ4n) is 3.35. The summed E-state index contributed by atoms with van der Waals surface area (Å²) in [5, 5.41) is 14.7. The lowest BCUT2D eigenvalue weighted by Gasteiger charge is -2.27. The number of nitrogens with zero attached hydrogens (tertiary/aromatic N) is 4. The summed E-state index contributed by atoms with van der Waals surface area (Å²) in [5.74, 6) is 0.622. The van der Waals surface area contributed by atoms with E-state index in [-0.39, 0.29) is 0 Å². The minimum absolute atomic E-state index is 0.413. The van der Waals surface area contributed by atoms with Gasteiger partial charge in [0.2, 0.25) is 11.9 Å². The number of carbonyl (C=O) groups excluding carboxylic acids is 1. The van der Waals surface area contributed by atoms with E-state index in [2.05, 4.69) is 33.8 Å². The van der Waals surface area contributed by atoms with Gasteiger partial charge in [-0.3, -0.25) is 4.79 Å². The Labute approximate surface area is 162 Å². The lowest BCUT2D eigenvalue weighted by molar-refractivity contribution is -0.115. The van der Waals surface area contributed by atoms with Gasteiger partial charge in [0.15, 0.2) is 0 Å². The summed E-state index contributed by atoms with van der Waals surface area (Å²) in [5.41, 5.74) is 9.79. The number of aromatic nitrogens is 4. The third-order valence-corrected chi connectivity index (χ3v) is 4.81. The fraction of sp³-hybridized carbons (Fsp3) is 0.200. The minimum atomic E-state index is -0.526. The summed E-state index contributed by atoms with van der Waals surface area (Å²) in [6.07, 6.45) is 0. The molecule has 3 N–H and O–H groups in total. The van der Waals surface area contributed by atoms with Crippen LogP contribution in [0.1, 0.15) is 29.7 Å². The summed E-state index contributed by atoms with van der Waals surface area (Å²) in [6.45, 7) is 4.29. The van der Waals surface area contributed by atoms with Crippen LogP contribution in [0, 0.1) is 6.92 Å². The highest BCUT2D eigenvalue weighted by atomic mass is 16.5. The maximum atomic E-state index is 12.1. The quantitative estimate of drug-likeness (QED) is 0.708. The second kappa shape index (κ2) is 7.15. The van der Waals surface area contributed by atoms with Gasteiger partial charge < -0.3 is 15.8 Å². The van der Waals surface area contributed by atoms with E-state index in [1.54, 1.807) is 11.6 Å². The highest BCUT2D eigenvalue weighted by Crippen LogP contribution is 2.35. The molecular weight excluding hydrogens is 356 g/mol. The van der Waals surface area contributed by atoms with E-state index in [0.29, 0.717) is 29.6 Å². The van der Waals surface area contributed by atoms with Crippen LogP contribution in [0.4, 0.5) is 5.95 Å². The third kappa shape index (κ3) is 3.20. The fourth-order valence-corrected chi connectivity index (χ4v) is 3.35. The van der Waals surface area contributed by atoms with Crippen molar-refractivity contribution in [1.29, 1.82) is 0 Å². The van der Waals surface area contributed by atoms with Crippen molar-refractivity contribution in [3.05, 3.63) is 76.5 Å². The Morgan fingerprint density at radius 3 is 2.82 bits per heavy atom. The minimum Gasteiger partial charge on any atom is -0.489 e. The van der Waals surface area contributed by atoms with Gasteiger partial charge in [-0.25, -0.2) is 0 Å².